The van der Waals surface area contributed by atoms with Crippen molar-refractivity contribution in [3.63, 3.8) is 0 Å². The lowest BCUT2D eigenvalue weighted by Gasteiger charge is -2.22. The Kier molecular flexibility index (Phi) is 5.92. The van der Waals surface area contributed by atoms with Gasteiger partial charge in [-0.3, -0.25) is 4.79 Å². The first kappa shape index (κ1) is 20.5. The van der Waals surface area contributed by atoms with E-state index in [1.807, 2.05) is 44.7 Å². The summed E-state index contributed by atoms with van der Waals surface area (Å²) >= 11 is 0. The lowest BCUT2D eigenvalue weighted by Crippen LogP contribution is -2.23. The van der Waals surface area contributed by atoms with Gasteiger partial charge in [0.2, 0.25) is 0 Å². The van der Waals surface area contributed by atoms with Gasteiger partial charge in [0, 0.05) is 30.4 Å². The summed E-state index contributed by atoms with van der Waals surface area (Å²) in [5.74, 6) is -0.458. The van der Waals surface area contributed by atoms with Crippen LogP contribution in [0.2, 0.25) is 0 Å². The summed E-state index contributed by atoms with van der Waals surface area (Å²) in [7, 11) is 0. The third-order valence-electron chi connectivity index (χ3n) is 5.06. The summed E-state index contributed by atoms with van der Waals surface area (Å²) in [6, 6.07) is 11.8. The second kappa shape index (κ2) is 8.39. The molecule has 1 unspecified atom stereocenters. The molecule has 0 aliphatic heterocycles. The number of nitrogens with zero attached hydrogens (tertiary/aromatic N) is 1. The smallest absolute Gasteiger partial charge is 0.337 e. The number of benzene rings is 2. The lowest BCUT2D eigenvalue weighted by molar-refractivity contribution is 0.0698. The average Bonchev–Trinajstić information content (AvgIpc) is 2.69. The maximum absolute atomic E-state index is 12.8. The molecule has 1 heterocycles. The molecule has 1 aromatic heterocycles. The molecule has 0 saturated carbocycles. The molecule has 0 amide bonds. The molecule has 29 heavy (non-hydrogen) atoms. The van der Waals surface area contributed by atoms with E-state index < -0.39 is 5.97 Å². The number of carboxylic acid groups (broad SMARTS) is 1. The fraction of sp³-hybridized carbons (Fsp3) is 0.304. The van der Waals surface area contributed by atoms with Gasteiger partial charge in [-0.15, -0.1) is 0 Å². The number of fused-ring (bicyclic) bond motifs is 1. The van der Waals surface area contributed by atoms with Gasteiger partial charge in [0.25, 0.3) is 0 Å². The van der Waals surface area contributed by atoms with Crippen molar-refractivity contribution in [2.24, 2.45) is 0 Å². The highest BCUT2D eigenvalue weighted by Gasteiger charge is 2.19. The topological polar surface area (TPSA) is 82.8 Å². The van der Waals surface area contributed by atoms with E-state index in [2.05, 4.69) is 5.32 Å². The monoisotopic (exact) mass is 394 g/mol. The predicted molar refractivity (Wildman–Crippen MR) is 116 cm³/mol. The SMILES string of the molecule is CCN(CC)c1cc(=O)c2cc(C)cc(C(C)Nc3ccccc3C(=O)O)c2o1. The zero-order valence-corrected chi connectivity index (χ0v) is 17.2. The van der Waals surface area contributed by atoms with Crippen molar-refractivity contribution in [1.82, 2.24) is 0 Å². The largest absolute Gasteiger partial charge is 0.478 e. The van der Waals surface area contributed by atoms with E-state index in [0.717, 1.165) is 24.2 Å². The number of hydrogen-bond acceptors (Lipinski definition) is 5. The van der Waals surface area contributed by atoms with Crippen LogP contribution in [0.15, 0.2) is 51.7 Å². The van der Waals surface area contributed by atoms with Crippen molar-refractivity contribution >= 4 is 28.5 Å². The van der Waals surface area contributed by atoms with E-state index >= 15 is 0 Å². The highest BCUT2D eigenvalue weighted by atomic mass is 16.4. The molecule has 0 fully saturated rings. The molecule has 152 valence electrons. The van der Waals surface area contributed by atoms with Gasteiger partial charge in [0.1, 0.15) is 5.58 Å². The van der Waals surface area contributed by atoms with Gasteiger partial charge in [-0.2, -0.15) is 0 Å². The third-order valence-corrected chi connectivity index (χ3v) is 5.06. The molecule has 0 aliphatic carbocycles. The van der Waals surface area contributed by atoms with Crippen LogP contribution in [0.4, 0.5) is 11.6 Å². The standard InChI is InChI=1S/C23H26N2O4/c1-5-25(6-2)21-13-20(26)18-12-14(3)11-17(22(18)29-21)15(4)24-19-10-8-7-9-16(19)23(27)28/h7-13,15,24H,5-6H2,1-4H3,(H,27,28). The van der Waals surface area contributed by atoms with Gasteiger partial charge in [-0.05, 0) is 51.5 Å². The molecule has 6 heteroatoms. The van der Waals surface area contributed by atoms with E-state index in [1.54, 1.807) is 24.3 Å². The molecule has 3 rings (SSSR count). The Hall–Kier alpha value is -3.28. The number of rotatable bonds is 7. The van der Waals surface area contributed by atoms with Gasteiger partial charge >= 0.3 is 5.97 Å². The molecular weight excluding hydrogens is 368 g/mol. The number of para-hydroxylation sites is 1. The van der Waals surface area contributed by atoms with Crippen molar-refractivity contribution in [2.45, 2.75) is 33.7 Å². The Bertz CT molecular complexity index is 1100. The Morgan fingerprint density at radius 3 is 2.52 bits per heavy atom. The molecule has 2 aromatic carbocycles. The fourth-order valence-corrected chi connectivity index (χ4v) is 3.54. The third kappa shape index (κ3) is 4.11. The maximum atomic E-state index is 12.8. The molecular formula is C23H26N2O4. The summed E-state index contributed by atoms with van der Waals surface area (Å²) in [4.78, 5) is 26.3. The Balaban J connectivity index is 2.13. The van der Waals surface area contributed by atoms with Crippen LogP contribution >= 0.6 is 0 Å². The van der Waals surface area contributed by atoms with Crippen molar-refractivity contribution < 1.29 is 14.3 Å². The van der Waals surface area contributed by atoms with Crippen molar-refractivity contribution in [2.75, 3.05) is 23.3 Å². The molecule has 6 nitrogen and oxygen atoms in total. The van der Waals surface area contributed by atoms with Crippen LogP contribution in [0, 0.1) is 6.92 Å². The average molecular weight is 394 g/mol. The van der Waals surface area contributed by atoms with Gasteiger partial charge in [-0.25, -0.2) is 4.79 Å². The number of carboxylic acids is 1. The molecule has 0 aliphatic rings. The number of carbonyl (C=O) groups is 1. The van der Waals surface area contributed by atoms with Crippen LogP contribution in [0.5, 0.6) is 0 Å². The van der Waals surface area contributed by atoms with Crippen molar-refractivity contribution in [1.29, 1.82) is 0 Å². The highest BCUT2D eigenvalue weighted by Crippen LogP contribution is 2.30. The summed E-state index contributed by atoms with van der Waals surface area (Å²) in [5, 5.41) is 13.2. The molecule has 1 atom stereocenters. The lowest BCUT2D eigenvalue weighted by atomic mass is 10.0. The van der Waals surface area contributed by atoms with Crippen LogP contribution in [0.1, 0.15) is 48.3 Å². The van der Waals surface area contributed by atoms with E-state index in [9.17, 15) is 14.7 Å². The van der Waals surface area contributed by atoms with Crippen molar-refractivity contribution in [3.8, 4) is 0 Å². The second-order valence-corrected chi connectivity index (χ2v) is 7.07. The normalized spacial score (nSPS) is 12.0. The number of nitrogens with one attached hydrogen (secondary N) is 1. The van der Waals surface area contributed by atoms with Crippen LogP contribution < -0.4 is 15.6 Å². The summed E-state index contributed by atoms with van der Waals surface area (Å²) in [5.41, 5.74) is 2.90. The van der Waals surface area contributed by atoms with E-state index in [-0.39, 0.29) is 17.0 Å². The zero-order valence-electron chi connectivity index (χ0n) is 17.2. The molecule has 0 radical (unpaired) electrons. The minimum Gasteiger partial charge on any atom is -0.478 e. The van der Waals surface area contributed by atoms with Gasteiger partial charge in [-0.1, -0.05) is 18.2 Å². The predicted octanol–water partition coefficient (Wildman–Crippen LogP) is 4.82. The van der Waals surface area contributed by atoms with Crippen LogP contribution in [-0.2, 0) is 0 Å². The van der Waals surface area contributed by atoms with Gasteiger partial charge in [0.05, 0.1) is 17.0 Å². The minimum atomic E-state index is -0.996. The number of anilines is 2. The molecule has 0 spiro atoms. The van der Waals surface area contributed by atoms with Crippen LogP contribution in [0.3, 0.4) is 0 Å². The van der Waals surface area contributed by atoms with Gasteiger partial charge < -0.3 is 19.7 Å². The number of hydrogen-bond donors (Lipinski definition) is 2. The first-order valence-electron chi connectivity index (χ1n) is 9.77. The number of aryl methyl sites for hydroxylation is 1. The van der Waals surface area contributed by atoms with Crippen LogP contribution in [-0.4, -0.2) is 24.2 Å². The van der Waals surface area contributed by atoms with E-state index in [1.165, 1.54) is 6.07 Å². The summed E-state index contributed by atoms with van der Waals surface area (Å²) in [6.07, 6.45) is 0. The summed E-state index contributed by atoms with van der Waals surface area (Å²) < 4.78 is 6.18. The Morgan fingerprint density at radius 1 is 1.17 bits per heavy atom. The van der Waals surface area contributed by atoms with Crippen molar-refractivity contribution in [3.05, 3.63) is 69.4 Å². The maximum Gasteiger partial charge on any atom is 0.337 e. The highest BCUT2D eigenvalue weighted by molar-refractivity contribution is 5.94. The first-order chi connectivity index (χ1) is 13.8. The van der Waals surface area contributed by atoms with E-state index in [0.29, 0.717) is 22.5 Å². The molecule has 3 aromatic rings. The van der Waals surface area contributed by atoms with Gasteiger partial charge in [0.15, 0.2) is 11.3 Å². The number of aromatic carboxylic acids is 1. The van der Waals surface area contributed by atoms with Crippen LogP contribution in [0.25, 0.3) is 11.0 Å². The fourth-order valence-electron chi connectivity index (χ4n) is 3.54. The molecule has 0 bridgehead atoms. The first-order valence-corrected chi connectivity index (χ1v) is 9.77. The van der Waals surface area contributed by atoms with E-state index in [4.69, 9.17) is 4.42 Å². The Labute approximate surface area is 169 Å². The second-order valence-electron chi connectivity index (χ2n) is 7.07. The quantitative estimate of drug-likeness (QED) is 0.598. The molecule has 2 N–H and O–H groups in total. The molecule has 0 saturated heterocycles. The minimum absolute atomic E-state index is 0.0868. The Morgan fingerprint density at radius 2 is 1.86 bits per heavy atom. The summed E-state index contributed by atoms with van der Waals surface area (Å²) in [6.45, 7) is 9.33. The zero-order chi connectivity index (χ0) is 21.1.